The summed E-state index contributed by atoms with van der Waals surface area (Å²) in [7, 11) is 3.06. The van der Waals surface area contributed by atoms with E-state index < -0.39 is 0 Å². The van der Waals surface area contributed by atoms with Gasteiger partial charge in [-0.05, 0) is 31.4 Å². The molecule has 0 aliphatic heterocycles. The van der Waals surface area contributed by atoms with E-state index in [0.29, 0.717) is 5.02 Å². The fourth-order valence-corrected chi connectivity index (χ4v) is 2.08. The van der Waals surface area contributed by atoms with Gasteiger partial charge in [0.15, 0.2) is 0 Å². The molecule has 0 saturated carbocycles. The van der Waals surface area contributed by atoms with Crippen LogP contribution < -0.4 is 0 Å². The van der Waals surface area contributed by atoms with Crippen molar-refractivity contribution in [1.82, 2.24) is 4.98 Å². The number of carbonyl (C=O) groups is 1. The normalized spacial score (nSPS) is 13.9. The van der Waals surface area contributed by atoms with Gasteiger partial charge in [0.1, 0.15) is 0 Å². The van der Waals surface area contributed by atoms with Gasteiger partial charge in [0, 0.05) is 18.3 Å². The van der Waals surface area contributed by atoms with E-state index in [0.717, 1.165) is 25.0 Å². The monoisotopic (exact) mass is 285 g/mol. The molecule has 4 nitrogen and oxygen atoms in total. The second-order valence-electron chi connectivity index (χ2n) is 4.48. The van der Waals surface area contributed by atoms with E-state index in [1.165, 1.54) is 7.11 Å². The highest BCUT2D eigenvalue weighted by atomic mass is 35.5. The van der Waals surface area contributed by atoms with Crippen molar-refractivity contribution in [2.45, 2.75) is 32.3 Å². The molecular weight excluding hydrogens is 266 g/mol. The van der Waals surface area contributed by atoms with Crippen LogP contribution in [0.2, 0.25) is 5.02 Å². The summed E-state index contributed by atoms with van der Waals surface area (Å²) in [6.07, 6.45) is 4.01. The van der Waals surface area contributed by atoms with Gasteiger partial charge in [-0.25, -0.2) is 0 Å². The van der Waals surface area contributed by atoms with Crippen LogP contribution in [0.5, 0.6) is 0 Å². The molecule has 0 aliphatic carbocycles. The van der Waals surface area contributed by atoms with Crippen LogP contribution in [0.4, 0.5) is 0 Å². The van der Waals surface area contributed by atoms with Gasteiger partial charge in [-0.15, -0.1) is 0 Å². The first-order valence-electron chi connectivity index (χ1n) is 6.30. The van der Waals surface area contributed by atoms with Crippen LogP contribution in [0.25, 0.3) is 0 Å². The maximum Gasteiger partial charge on any atom is 0.308 e. The van der Waals surface area contributed by atoms with Crippen LogP contribution in [-0.2, 0) is 14.3 Å². The highest BCUT2D eigenvalue weighted by Gasteiger charge is 2.16. The van der Waals surface area contributed by atoms with E-state index in [4.69, 9.17) is 21.1 Å². The summed E-state index contributed by atoms with van der Waals surface area (Å²) >= 11 is 5.93. The molecule has 1 aromatic rings. The van der Waals surface area contributed by atoms with Crippen molar-refractivity contribution < 1.29 is 14.3 Å². The van der Waals surface area contributed by atoms with Crippen molar-refractivity contribution in [2.24, 2.45) is 5.92 Å². The molecule has 0 N–H and O–H groups in total. The summed E-state index contributed by atoms with van der Waals surface area (Å²) in [4.78, 5) is 15.5. The number of esters is 1. The summed E-state index contributed by atoms with van der Waals surface area (Å²) in [5.41, 5.74) is 0.820. The Morgan fingerprint density at radius 2 is 2.16 bits per heavy atom. The first-order valence-corrected chi connectivity index (χ1v) is 6.68. The number of ether oxygens (including phenoxy) is 2. The molecule has 0 saturated heterocycles. The molecular formula is C14H20ClNO3. The third-order valence-corrected chi connectivity index (χ3v) is 3.30. The quantitative estimate of drug-likeness (QED) is 0.721. The number of hydrogen-bond acceptors (Lipinski definition) is 4. The Balaban J connectivity index is 2.48. The Bertz CT molecular complexity index is 411. The van der Waals surface area contributed by atoms with Crippen molar-refractivity contribution in [1.29, 1.82) is 0 Å². The fraction of sp³-hybridized carbons (Fsp3) is 0.571. The smallest absolute Gasteiger partial charge is 0.308 e. The van der Waals surface area contributed by atoms with E-state index >= 15 is 0 Å². The highest BCUT2D eigenvalue weighted by molar-refractivity contribution is 6.30. The fourth-order valence-electron chi connectivity index (χ4n) is 1.91. The number of methoxy groups -OCH3 is 2. The number of nitrogens with zero attached hydrogens (tertiary/aromatic N) is 1. The van der Waals surface area contributed by atoms with E-state index in [2.05, 4.69) is 4.98 Å². The van der Waals surface area contributed by atoms with Crippen LogP contribution >= 0.6 is 11.6 Å². The zero-order valence-corrected chi connectivity index (χ0v) is 12.3. The number of hydrogen-bond donors (Lipinski definition) is 0. The molecule has 0 aromatic carbocycles. The number of carbonyl (C=O) groups excluding carboxylic acids is 1. The minimum absolute atomic E-state index is 0.0881. The lowest BCUT2D eigenvalue weighted by Gasteiger charge is -2.16. The first kappa shape index (κ1) is 15.9. The third-order valence-electron chi connectivity index (χ3n) is 3.06. The molecule has 0 aliphatic rings. The van der Waals surface area contributed by atoms with Crippen LogP contribution in [0.15, 0.2) is 18.3 Å². The molecule has 0 spiro atoms. The lowest BCUT2D eigenvalue weighted by Crippen LogP contribution is -2.13. The minimum Gasteiger partial charge on any atom is -0.469 e. The zero-order valence-electron chi connectivity index (χ0n) is 11.6. The molecule has 1 heterocycles. The molecule has 0 radical (unpaired) electrons. The van der Waals surface area contributed by atoms with Crippen LogP contribution in [0, 0.1) is 5.92 Å². The lowest BCUT2D eigenvalue weighted by molar-refractivity contribution is -0.145. The van der Waals surface area contributed by atoms with Gasteiger partial charge in [-0.1, -0.05) is 18.5 Å². The Kier molecular flexibility index (Phi) is 6.81. The zero-order chi connectivity index (χ0) is 14.3. The molecule has 0 fully saturated rings. The van der Waals surface area contributed by atoms with Crippen molar-refractivity contribution in [2.75, 3.05) is 14.2 Å². The third kappa shape index (κ3) is 5.17. The Morgan fingerprint density at radius 3 is 2.74 bits per heavy atom. The van der Waals surface area contributed by atoms with E-state index in [-0.39, 0.29) is 18.0 Å². The summed E-state index contributed by atoms with van der Waals surface area (Å²) in [6.45, 7) is 1.87. The van der Waals surface area contributed by atoms with Gasteiger partial charge in [-0.2, -0.15) is 0 Å². The molecule has 1 rings (SSSR count). The predicted molar refractivity (Wildman–Crippen MR) is 74.0 cm³/mol. The maximum atomic E-state index is 11.3. The van der Waals surface area contributed by atoms with Gasteiger partial charge in [0.05, 0.1) is 24.8 Å². The second kappa shape index (κ2) is 8.12. The summed E-state index contributed by atoms with van der Waals surface area (Å²) in [6, 6.07) is 3.54. The Hall–Kier alpha value is -1.13. The van der Waals surface area contributed by atoms with Gasteiger partial charge in [0.2, 0.25) is 0 Å². The molecule has 0 bridgehead atoms. The Morgan fingerprint density at radius 1 is 1.42 bits per heavy atom. The SMILES string of the molecule is COC(=O)C(C)CCCC(OC)c1cc(Cl)ccn1. The molecule has 1 aromatic heterocycles. The minimum atomic E-state index is -0.171. The predicted octanol–water partition coefficient (Wildman–Crippen LogP) is 3.40. The lowest BCUT2D eigenvalue weighted by atomic mass is 10.0. The number of aromatic nitrogens is 1. The molecule has 2 unspecified atom stereocenters. The highest BCUT2D eigenvalue weighted by Crippen LogP contribution is 2.24. The summed E-state index contributed by atoms with van der Waals surface area (Å²) < 4.78 is 10.1. The van der Waals surface area contributed by atoms with Crippen molar-refractivity contribution in [3.63, 3.8) is 0 Å². The van der Waals surface area contributed by atoms with E-state index in [1.54, 1.807) is 25.4 Å². The van der Waals surface area contributed by atoms with Crippen molar-refractivity contribution in [3.05, 3.63) is 29.0 Å². The molecule has 19 heavy (non-hydrogen) atoms. The largest absolute Gasteiger partial charge is 0.469 e. The average Bonchev–Trinajstić information content (AvgIpc) is 2.42. The van der Waals surface area contributed by atoms with Crippen molar-refractivity contribution in [3.8, 4) is 0 Å². The second-order valence-corrected chi connectivity index (χ2v) is 4.91. The first-order chi connectivity index (χ1) is 9.08. The summed E-state index contributed by atoms with van der Waals surface area (Å²) in [5, 5.41) is 0.648. The van der Waals surface area contributed by atoms with Crippen LogP contribution in [0.1, 0.15) is 38.0 Å². The van der Waals surface area contributed by atoms with Gasteiger partial charge < -0.3 is 9.47 Å². The number of pyridine rings is 1. The van der Waals surface area contributed by atoms with E-state index in [1.807, 2.05) is 6.92 Å². The van der Waals surface area contributed by atoms with Crippen molar-refractivity contribution >= 4 is 17.6 Å². The summed E-state index contributed by atoms with van der Waals surface area (Å²) in [5.74, 6) is -0.260. The molecule has 0 amide bonds. The molecule has 2 atom stereocenters. The molecule has 5 heteroatoms. The number of rotatable bonds is 7. The topological polar surface area (TPSA) is 48.4 Å². The van der Waals surface area contributed by atoms with Crippen LogP contribution in [-0.4, -0.2) is 25.2 Å². The van der Waals surface area contributed by atoms with Gasteiger partial charge in [0.25, 0.3) is 0 Å². The van der Waals surface area contributed by atoms with Crippen LogP contribution in [0.3, 0.4) is 0 Å². The standard InChI is InChI=1S/C14H20ClNO3/c1-10(14(17)19-3)5-4-6-13(18-2)12-9-11(15)7-8-16-12/h7-10,13H,4-6H2,1-3H3. The van der Waals surface area contributed by atoms with E-state index in [9.17, 15) is 4.79 Å². The number of halogens is 1. The maximum absolute atomic E-state index is 11.3. The van der Waals surface area contributed by atoms with Gasteiger partial charge >= 0.3 is 5.97 Å². The Labute approximate surface area is 119 Å². The average molecular weight is 286 g/mol. The van der Waals surface area contributed by atoms with Gasteiger partial charge in [-0.3, -0.25) is 9.78 Å². The molecule has 106 valence electrons.